The van der Waals surface area contributed by atoms with Gasteiger partial charge in [0.2, 0.25) is 0 Å². The van der Waals surface area contributed by atoms with Crippen LogP contribution in [0.4, 0.5) is 0 Å². The van der Waals surface area contributed by atoms with Gasteiger partial charge in [-0.3, -0.25) is 9.89 Å². The van der Waals surface area contributed by atoms with Crippen molar-refractivity contribution in [3.05, 3.63) is 22.3 Å². The lowest BCUT2D eigenvalue weighted by Gasteiger charge is -2.00. The van der Waals surface area contributed by atoms with Gasteiger partial charge in [-0.2, -0.15) is 5.10 Å². The molecule has 2 aromatic rings. The van der Waals surface area contributed by atoms with E-state index in [4.69, 9.17) is 4.74 Å². The molecule has 4 nitrogen and oxygen atoms in total. The summed E-state index contributed by atoms with van der Waals surface area (Å²) < 4.78 is 5.87. The first kappa shape index (κ1) is 9.21. The molecule has 14 heavy (non-hydrogen) atoms. The molecule has 0 spiro atoms. The average molecular weight is 255 g/mol. The first-order valence-electron chi connectivity index (χ1n) is 3.93. The number of rotatable bonds is 2. The number of methoxy groups -OCH3 is 1. The molecule has 0 aliphatic carbocycles. The predicted molar refractivity (Wildman–Crippen MR) is 55.7 cm³/mol. The topological polar surface area (TPSA) is 55.0 Å². The van der Waals surface area contributed by atoms with Crippen LogP contribution in [0.1, 0.15) is 10.5 Å². The van der Waals surface area contributed by atoms with Crippen LogP contribution in [-0.4, -0.2) is 23.6 Å². The molecule has 72 valence electrons. The van der Waals surface area contributed by atoms with Gasteiger partial charge in [0.1, 0.15) is 11.4 Å². The third kappa shape index (κ3) is 1.29. The quantitative estimate of drug-likeness (QED) is 0.836. The number of hydrogen-bond acceptors (Lipinski definition) is 3. The minimum Gasteiger partial charge on any atom is -0.497 e. The van der Waals surface area contributed by atoms with Crippen molar-refractivity contribution >= 4 is 33.1 Å². The summed E-state index contributed by atoms with van der Waals surface area (Å²) in [4.78, 5) is 10.7. The van der Waals surface area contributed by atoms with E-state index in [0.29, 0.717) is 17.0 Å². The van der Waals surface area contributed by atoms with Gasteiger partial charge in [-0.1, -0.05) is 0 Å². The Hall–Kier alpha value is -1.36. The number of nitrogens with one attached hydrogen (secondary N) is 1. The molecule has 1 N–H and O–H groups in total. The van der Waals surface area contributed by atoms with Gasteiger partial charge in [0, 0.05) is 15.9 Å². The molecular weight excluding hydrogens is 248 g/mol. The van der Waals surface area contributed by atoms with E-state index in [1.54, 1.807) is 19.2 Å². The van der Waals surface area contributed by atoms with Crippen LogP contribution in [-0.2, 0) is 0 Å². The zero-order chi connectivity index (χ0) is 10.1. The third-order valence-corrected chi connectivity index (χ3v) is 2.59. The van der Waals surface area contributed by atoms with E-state index >= 15 is 0 Å². The summed E-state index contributed by atoms with van der Waals surface area (Å²) in [5.74, 6) is 0.702. The summed E-state index contributed by atoms with van der Waals surface area (Å²) in [5, 5.41) is 7.42. The summed E-state index contributed by atoms with van der Waals surface area (Å²) in [6.07, 6.45) is 0.743. The van der Waals surface area contributed by atoms with Crippen molar-refractivity contribution in [3.8, 4) is 5.75 Å². The van der Waals surface area contributed by atoms with Gasteiger partial charge in [0.25, 0.3) is 0 Å². The van der Waals surface area contributed by atoms with Crippen LogP contribution in [0.5, 0.6) is 5.75 Å². The zero-order valence-electron chi connectivity index (χ0n) is 7.37. The number of nitrogens with zero attached hydrogens (tertiary/aromatic N) is 1. The summed E-state index contributed by atoms with van der Waals surface area (Å²) in [6, 6.07) is 3.56. The van der Waals surface area contributed by atoms with Crippen LogP contribution in [0.3, 0.4) is 0 Å². The maximum Gasteiger partial charge on any atom is 0.168 e. The molecule has 0 unspecified atom stereocenters. The van der Waals surface area contributed by atoms with Gasteiger partial charge in [0.15, 0.2) is 6.29 Å². The minimum atomic E-state index is 0.467. The van der Waals surface area contributed by atoms with Crippen molar-refractivity contribution in [1.29, 1.82) is 0 Å². The van der Waals surface area contributed by atoms with Crippen LogP contribution in [0.15, 0.2) is 16.6 Å². The second-order valence-corrected chi connectivity index (χ2v) is 3.61. The maximum absolute atomic E-state index is 10.7. The van der Waals surface area contributed by atoms with E-state index in [0.717, 1.165) is 16.1 Å². The van der Waals surface area contributed by atoms with E-state index < -0.39 is 0 Å². The number of fused-ring (bicyclic) bond motifs is 1. The Bertz CT molecular complexity index is 493. The SMILES string of the molecule is COc1cc(Br)c2c(C=O)[nH]nc2c1. The highest BCUT2D eigenvalue weighted by Crippen LogP contribution is 2.29. The normalized spacial score (nSPS) is 10.4. The number of H-pyrrole nitrogens is 1. The minimum absolute atomic E-state index is 0.467. The first-order chi connectivity index (χ1) is 6.76. The zero-order valence-corrected chi connectivity index (χ0v) is 8.96. The largest absolute Gasteiger partial charge is 0.497 e. The molecule has 0 fully saturated rings. The van der Waals surface area contributed by atoms with Crippen LogP contribution in [0.25, 0.3) is 10.9 Å². The third-order valence-electron chi connectivity index (χ3n) is 1.96. The fourth-order valence-electron chi connectivity index (χ4n) is 1.30. The van der Waals surface area contributed by atoms with E-state index in [1.165, 1.54) is 0 Å². The number of benzene rings is 1. The van der Waals surface area contributed by atoms with Gasteiger partial charge in [-0.25, -0.2) is 0 Å². The number of aromatic nitrogens is 2. The average Bonchev–Trinajstić information content (AvgIpc) is 2.61. The molecule has 0 aliphatic heterocycles. The van der Waals surface area contributed by atoms with Crippen LogP contribution in [0.2, 0.25) is 0 Å². The first-order valence-corrected chi connectivity index (χ1v) is 4.72. The molecule has 1 aromatic carbocycles. The lowest BCUT2D eigenvalue weighted by molar-refractivity contribution is 0.112. The maximum atomic E-state index is 10.7. The van der Waals surface area contributed by atoms with Crippen molar-refractivity contribution in [1.82, 2.24) is 10.2 Å². The molecule has 0 bridgehead atoms. The van der Waals surface area contributed by atoms with Crippen LogP contribution in [0, 0.1) is 0 Å². The molecule has 0 radical (unpaired) electrons. The summed E-state index contributed by atoms with van der Waals surface area (Å²) in [5.41, 5.74) is 1.17. The van der Waals surface area contributed by atoms with Crippen molar-refractivity contribution in [3.63, 3.8) is 0 Å². The summed E-state index contributed by atoms with van der Waals surface area (Å²) in [7, 11) is 1.58. The lowest BCUT2D eigenvalue weighted by Crippen LogP contribution is -1.84. The fraction of sp³-hybridized carbons (Fsp3) is 0.111. The number of hydrogen-bond donors (Lipinski definition) is 1. The summed E-state index contributed by atoms with van der Waals surface area (Å²) >= 11 is 3.36. The Morgan fingerprint density at radius 2 is 2.36 bits per heavy atom. The fourth-order valence-corrected chi connectivity index (χ4v) is 1.94. The monoisotopic (exact) mass is 254 g/mol. The number of ether oxygens (including phenoxy) is 1. The van der Waals surface area contributed by atoms with Gasteiger partial charge in [-0.05, 0) is 22.0 Å². The van der Waals surface area contributed by atoms with E-state index in [1.807, 2.05) is 0 Å². The van der Waals surface area contributed by atoms with E-state index in [2.05, 4.69) is 26.1 Å². The molecule has 0 saturated carbocycles. The molecule has 0 amide bonds. The Balaban J connectivity index is 2.78. The molecular formula is C9H7BrN2O2. The predicted octanol–water partition coefficient (Wildman–Crippen LogP) is 2.15. The number of halogens is 1. The number of aldehydes is 1. The van der Waals surface area contributed by atoms with Crippen molar-refractivity contribution in [2.45, 2.75) is 0 Å². The Morgan fingerprint density at radius 1 is 1.57 bits per heavy atom. The number of carbonyl (C=O) groups is 1. The van der Waals surface area contributed by atoms with Gasteiger partial charge >= 0.3 is 0 Å². The molecule has 1 heterocycles. The Kier molecular flexibility index (Phi) is 2.25. The Morgan fingerprint density at radius 3 is 3.00 bits per heavy atom. The standard InChI is InChI=1S/C9H7BrN2O2/c1-14-5-2-6(10)9-7(3-5)11-12-8(9)4-13/h2-4H,1H3,(H,11,12). The molecule has 0 atom stereocenters. The van der Waals surface area contributed by atoms with E-state index in [-0.39, 0.29) is 0 Å². The number of aromatic amines is 1. The second kappa shape index (κ2) is 3.42. The second-order valence-electron chi connectivity index (χ2n) is 2.76. The van der Waals surface area contributed by atoms with Crippen molar-refractivity contribution in [2.24, 2.45) is 0 Å². The van der Waals surface area contributed by atoms with Gasteiger partial charge in [-0.15, -0.1) is 0 Å². The lowest BCUT2D eigenvalue weighted by atomic mass is 10.2. The van der Waals surface area contributed by atoms with Gasteiger partial charge < -0.3 is 4.74 Å². The highest BCUT2D eigenvalue weighted by Gasteiger charge is 2.09. The summed E-state index contributed by atoms with van der Waals surface area (Å²) in [6.45, 7) is 0. The molecule has 0 aliphatic rings. The van der Waals surface area contributed by atoms with Gasteiger partial charge in [0.05, 0.1) is 12.6 Å². The van der Waals surface area contributed by atoms with E-state index in [9.17, 15) is 4.79 Å². The highest BCUT2D eigenvalue weighted by molar-refractivity contribution is 9.10. The molecule has 1 aromatic heterocycles. The smallest absolute Gasteiger partial charge is 0.168 e. The van der Waals surface area contributed by atoms with Crippen LogP contribution < -0.4 is 4.74 Å². The van der Waals surface area contributed by atoms with Crippen molar-refractivity contribution < 1.29 is 9.53 Å². The highest BCUT2D eigenvalue weighted by atomic mass is 79.9. The molecule has 5 heteroatoms. The van der Waals surface area contributed by atoms with Crippen LogP contribution >= 0.6 is 15.9 Å². The van der Waals surface area contributed by atoms with Crippen molar-refractivity contribution in [2.75, 3.05) is 7.11 Å². The molecule has 0 saturated heterocycles. The Labute approximate surface area is 88.4 Å². The molecule has 2 rings (SSSR count). The number of carbonyl (C=O) groups excluding carboxylic acids is 1.